The van der Waals surface area contributed by atoms with Gasteiger partial charge in [0, 0.05) is 29.4 Å². The highest BCUT2D eigenvalue weighted by atomic mass is 16.5. The van der Waals surface area contributed by atoms with Crippen LogP contribution in [0, 0.1) is 6.92 Å². The zero-order valence-corrected chi connectivity index (χ0v) is 18.8. The predicted molar refractivity (Wildman–Crippen MR) is 128 cm³/mol. The standard InChI is InChI=1S/C26H27N5O2/c1-18-6-4-7-23(30-18)25-24(28-17-29-25)19-8-9-22-20(14-19)15-21(16-27-22)26(32)33-13-5-12-31-10-2-3-11-31/h4,6-9,14-17H,2-3,5,10-13H2,1H3,(H,28,29). The number of nitrogens with one attached hydrogen (secondary N) is 1. The minimum atomic E-state index is -0.333. The number of fused-ring (bicyclic) bond motifs is 1. The number of carbonyl (C=O) groups excluding carboxylic acids is 1. The van der Waals surface area contributed by atoms with Gasteiger partial charge in [-0.1, -0.05) is 12.1 Å². The highest BCUT2D eigenvalue weighted by Gasteiger charge is 2.15. The molecule has 0 amide bonds. The number of carbonyl (C=O) groups is 1. The molecule has 0 radical (unpaired) electrons. The lowest BCUT2D eigenvalue weighted by Crippen LogP contribution is -2.22. The summed E-state index contributed by atoms with van der Waals surface area (Å²) in [4.78, 5) is 31.8. The van der Waals surface area contributed by atoms with Crippen LogP contribution in [0.4, 0.5) is 0 Å². The van der Waals surface area contributed by atoms with Crippen LogP contribution in [0.1, 0.15) is 35.3 Å². The maximum absolute atomic E-state index is 12.6. The Morgan fingerprint density at radius 3 is 2.85 bits per heavy atom. The summed E-state index contributed by atoms with van der Waals surface area (Å²) in [5, 5.41) is 0.866. The summed E-state index contributed by atoms with van der Waals surface area (Å²) in [5.41, 5.74) is 5.66. The van der Waals surface area contributed by atoms with E-state index in [9.17, 15) is 4.79 Å². The maximum Gasteiger partial charge on any atom is 0.339 e. The molecule has 0 unspecified atom stereocenters. The molecule has 3 aromatic heterocycles. The molecule has 7 heteroatoms. The van der Waals surface area contributed by atoms with Gasteiger partial charge in [0.05, 0.1) is 41.1 Å². The van der Waals surface area contributed by atoms with Gasteiger partial charge in [-0.3, -0.25) is 9.97 Å². The van der Waals surface area contributed by atoms with Crippen molar-refractivity contribution in [3.8, 4) is 22.6 Å². The highest BCUT2D eigenvalue weighted by molar-refractivity contribution is 5.95. The van der Waals surface area contributed by atoms with Gasteiger partial charge in [0.15, 0.2) is 0 Å². The Morgan fingerprint density at radius 1 is 1.12 bits per heavy atom. The number of imidazole rings is 1. The van der Waals surface area contributed by atoms with Crippen molar-refractivity contribution < 1.29 is 9.53 Å². The molecule has 0 aliphatic carbocycles. The number of nitrogens with zero attached hydrogens (tertiary/aromatic N) is 4. The number of aryl methyl sites for hydroxylation is 1. The van der Waals surface area contributed by atoms with Gasteiger partial charge in [-0.2, -0.15) is 0 Å². The largest absolute Gasteiger partial charge is 0.462 e. The lowest BCUT2D eigenvalue weighted by molar-refractivity contribution is 0.0490. The minimum absolute atomic E-state index is 0.333. The summed E-state index contributed by atoms with van der Waals surface area (Å²) < 4.78 is 5.50. The van der Waals surface area contributed by atoms with Crippen molar-refractivity contribution in [2.45, 2.75) is 26.2 Å². The third kappa shape index (κ3) is 4.78. The Labute approximate surface area is 192 Å². The summed E-state index contributed by atoms with van der Waals surface area (Å²) in [6.07, 6.45) is 6.65. The molecule has 1 saturated heterocycles. The first kappa shape index (κ1) is 21.3. The van der Waals surface area contributed by atoms with E-state index in [0.717, 1.165) is 65.3 Å². The molecule has 4 heterocycles. The van der Waals surface area contributed by atoms with E-state index in [1.54, 1.807) is 12.5 Å². The van der Waals surface area contributed by atoms with Gasteiger partial charge >= 0.3 is 5.97 Å². The second-order valence-electron chi connectivity index (χ2n) is 8.46. The van der Waals surface area contributed by atoms with Crippen molar-refractivity contribution in [3.05, 3.63) is 66.2 Å². The molecule has 0 saturated carbocycles. The first-order valence-electron chi connectivity index (χ1n) is 11.4. The predicted octanol–water partition coefficient (Wildman–Crippen LogP) is 4.64. The van der Waals surface area contributed by atoms with Crippen molar-refractivity contribution in [2.24, 2.45) is 0 Å². The van der Waals surface area contributed by atoms with Crippen LogP contribution in [0.15, 0.2) is 55.0 Å². The van der Waals surface area contributed by atoms with Crippen LogP contribution in [0.2, 0.25) is 0 Å². The Bertz CT molecular complexity index is 1280. The van der Waals surface area contributed by atoms with Gasteiger partial charge in [-0.05, 0) is 69.6 Å². The van der Waals surface area contributed by atoms with Crippen LogP contribution in [0.3, 0.4) is 0 Å². The van der Waals surface area contributed by atoms with Crippen LogP contribution in [-0.4, -0.2) is 57.0 Å². The molecule has 1 aliphatic heterocycles. The molecule has 1 aliphatic rings. The summed E-state index contributed by atoms with van der Waals surface area (Å²) >= 11 is 0. The van der Waals surface area contributed by atoms with Crippen molar-refractivity contribution >= 4 is 16.9 Å². The summed E-state index contributed by atoms with van der Waals surface area (Å²) in [6.45, 7) is 5.68. The molecule has 168 valence electrons. The lowest BCUT2D eigenvalue weighted by Gasteiger charge is -2.14. The molecule has 7 nitrogen and oxygen atoms in total. The van der Waals surface area contributed by atoms with Crippen LogP contribution in [-0.2, 0) is 4.74 Å². The molecule has 0 atom stereocenters. The van der Waals surface area contributed by atoms with E-state index >= 15 is 0 Å². The van der Waals surface area contributed by atoms with Crippen molar-refractivity contribution in [2.75, 3.05) is 26.2 Å². The Hall–Kier alpha value is -3.58. The summed E-state index contributed by atoms with van der Waals surface area (Å²) in [5.74, 6) is -0.333. The molecule has 1 N–H and O–H groups in total. The number of aromatic nitrogens is 4. The molecule has 1 aromatic carbocycles. The first-order valence-corrected chi connectivity index (χ1v) is 11.4. The zero-order valence-electron chi connectivity index (χ0n) is 18.8. The van der Waals surface area contributed by atoms with Gasteiger partial charge in [0.25, 0.3) is 0 Å². The normalized spacial score (nSPS) is 14.1. The Morgan fingerprint density at radius 2 is 2.00 bits per heavy atom. The number of ether oxygens (including phenoxy) is 1. The van der Waals surface area contributed by atoms with E-state index in [2.05, 4.69) is 24.8 Å². The number of hydrogen-bond acceptors (Lipinski definition) is 6. The molecular formula is C26H27N5O2. The second-order valence-corrected chi connectivity index (χ2v) is 8.46. The smallest absolute Gasteiger partial charge is 0.339 e. The number of H-pyrrole nitrogens is 1. The number of rotatable bonds is 7. The molecule has 1 fully saturated rings. The van der Waals surface area contributed by atoms with Crippen LogP contribution in [0.5, 0.6) is 0 Å². The Kier molecular flexibility index (Phi) is 6.13. The monoisotopic (exact) mass is 441 g/mol. The fraction of sp³-hybridized carbons (Fsp3) is 0.308. The fourth-order valence-electron chi connectivity index (χ4n) is 4.32. The van der Waals surface area contributed by atoms with Crippen molar-refractivity contribution in [1.29, 1.82) is 0 Å². The number of pyridine rings is 2. The average molecular weight is 442 g/mol. The summed E-state index contributed by atoms with van der Waals surface area (Å²) in [6, 6.07) is 13.7. The first-order chi connectivity index (χ1) is 16.2. The van der Waals surface area contributed by atoms with Gasteiger partial charge in [-0.25, -0.2) is 9.78 Å². The van der Waals surface area contributed by atoms with Crippen LogP contribution < -0.4 is 0 Å². The number of benzene rings is 1. The molecular weight excluding hydrogens is 414 g/mol. The molecule has 4 aromatic rings. The Balaban J connectivity index is 1.33. The van der Waals surface area contributed by atoms with E-state index in [1.807, 2.05) is 49.4 Å². The number of esters is 1. The van der Waals surface area contributed by atoms with E-state index < -0.39 is 0 Å². The molecule has 5 rings (SSSR count). The van der Waals surface area contributed by atoms with Gasteiger partial charge < -0.3 is 14.6 Å². The van der Waals surface area contributed by atoms with Crippen LogP contribution in [0.25, 0.3) is 33.5 Å². The topological polar surface area (TPSA) is 84.0 Å². The van der Waals surface area contributed by atoms with Gasteiger partial charge in [0.2, 0.25) is 0 Å². The van der Waals surface area contributed by atoms with E-state index in [0.29, 0.717) is 12.2 Å². The number of likely N-dealkylation sites (tertiary alicyclic amines) is 1. The molecule has 0 bridgehead atoms. The van der Waals surface area contributed by atoms with E-state index in [1.165, 1.54) is 12.8 Å². The number of aromatic amines is 1. The third-order valence-corrected chi connectivity index (χ3v) is 6.02. The quantitative estimate of drug-likeness (QED) is 0.332. The lowest BCUT2D eigenvalue weighted by atomic mass is 10.0. The maximum atomic E-state index is 12.6. The molecule has 0 spiro atoms. The summed E-state index contributed by atoms with van der Waals surface area (Å²) in [7, 11) is 0. The van der Waals surface area contributed by atoms with Crippen LogP contribution >= 0.6 is 0 Å². The van der Waals surface area contributed by atoms with Gasteiger partial charge in [-0.15, -0.1) is 0 Å². The van der Waals surface area contributed by atoms with E-state index in [4.69, 9.17) is 4.74 Å². The zero-order chi connectivity index (χ0) is 22.6. The second kappa shape index (κ2) is 9.50. The van der Waals surface area contributed by atoms with Crippen molar-refractivity contribution in [1.82, 2.24) is 24.8 Å². The van der Waals surface area contributed by atoms with Gasteiger partial charge in [0.1, 0.15) is 0 Å². The SMILES string of the molecule is Cc1cccc(-c2[nH]cnc2-c2ccc3ncc(C(=O)OCCCN4CCCC4)cc3c2)n1. The van der Waals surface area contributed by atoms with Crippen molar-refractivity contribution in [3.63, 3.8) is 0 Å². The third-order valence-electron chi connectivity index (χ3n) is 6.02. The molecule has 33 heavy (non-hydrogen) atoms. The fourth-order valence-corrected chi connectivity index (χ4v) is 4.32. The van der Waals surface area contributed by atoms with E-state index in [-0.39, 0.29) is 5.97 Å². The average Bonchev–Trinajstić information content (AvgIpc) is 3.53. The number of hydrogen-bond donors (Lipinski definition) is 1. The minimum Gasteiger partial charge on any atom is -0.462 e. The highest BCUT2D eigenvalue weighted by Crippen LogP contribution is 2.30.